The lowest BCUT2D eigenvalue weighted by atomic mass is 10.1. The van der Waals surface area contributed by atoms with Crippen molar-refractivity contribution in [1.29, 1.82) is 0 Å². The number of likely N-dealkylation sites (tertiary alicyclic amines) is 1. The zero-order valence-electron chi connectivity index (χ0n) is 13.3. The number of ether oxygens (including phenoxy) is 1. The SMILES string of the molecule is CCOC(=O)c1csc([C@H]2CCCN2[C@@H](C)c2cnccn2)n1. The van der Waals surface area contributed by atoms with E-state index >= 15 is 0 Å². The van der Waals surface area contributed by atoms with Gasteiger partial charge in [-0.05, 0) is 33.2 Å². The molecule has 122 valence electrons. The largest absolute Gasteiger partial charge is 0.461 e. The van der Waals surface area contributed by atoms with Gasteiger partial charge >= 0.3 is 5.97 Å². The predicted octanol–water partition coefficient (Wildman–Crippen LogP) is 3.01. The molecule has 1 fully saturated rings. The second-order valence-electron chi connectivity index (χ2n) is 5.49. The fourth-order valence-electron chi connectivity index (χ4n) is 2.95. The first-order valence-corrected chi connectivity index (χ1v) is 8.73. The Morgan fingerprint density at radius 2 is 2.39 bits per heavy atom. The fourth-order valence-corrected chi connectivity index (χ4v) is 3.90. The number of carbonyl (C=O) groups is 1. The number of aromatic nitrogens is 3. The molecule has 23 heavy (non-hydrogen) atoms. The van der Waals surface area contributed by atoms with Crippen LogP contribution in [-0.2, 0) is 4.74 Å². The predicted molar refractivity (Wildman–Crippen MR) is 87.2 cm³/mol. The third-order valence-corrected chi connectivity index (χ3v) is 5.04. The van der Waals surface area contributed by atoms with Crippen molar-refractivity contribution in [2.75, 3.05) is 13.2 Å². The van der Waals surface area contributed by atoms with Crippen LogP contribution in [0.2, 0.25) is 0 Å². The molecule has 1 aliphatic rings. The minimum Gasteiger partial charge on any atom is -0.461 e. The maximum absolute atomic E-state index is 11.8. The van der Waals surface area contributed by atoms with Gasteiger partial charge in [-0.2, -0.15) is 0 Å². The Bertz CT molecular complexity index is 661. The van der Waals surface area contributed by atoms with E-state index in [2.05, 4.69) is 26.8 Å². The van der Waals surface area contributed by atoms with E-state index in [4.69, 9.17) is 4.74 Å². The first-order valence-electron chi connectivity index (χ1n) is 7.85. The molecule has 1 saturated heterocycles. The Labute approximate surface area is 139 Å². The van der Waals surface area contributed by atoms with E-state index in [0.29, 0.717) is 12.3 Å². The monoisotopic (exact) mass is 332 g/mol. The van der Waals surface area contributed by atoms with Crippen molar-refractivity contribution in [3.8, 4) is 0 Å². The average molecular weight is 332 g/mol. The normalized spacial score (nSPS) is 19.7. The molecule has 0 bridgehead atoms. The molecule has 2 atom stereocenters. The van der Waals surface area contributed by atoms with Crippen LogP contribution in [0.3, 0.4) is 0 Å². The lowest BCUT2D eigenvalue weighted by Crippen LogP contribution is -2.27. The van der Waals surface area contributed by atoms with Gasteiger partial charge in [-0.15, -0.1) is 11.3 Å². The Balaban J connectivity index is 1.78. The van der Waals surface area contributed by atoms with Crippen LogP contribution >= 0.6 is 11.3 Å². The van der Waals surface area contributed by atoms with Crippen LogP contribution < -0.4 is 0 Å². The summed E-state index contributed by atoms with van der Waals surface area (Å²) in [5.41, 5.74) is 1.37. The van der Waals surface area contributed by atoms with Crippen molar-refractivity contribution in [2.24, 2.45) is 0 Å². The Morgan fingerprint density at radius 1 is 1.52 bits per heavy atom. The summed E-state index contributed by atoms with van der Waals surface area (Å²) in [6.07, 6.45) is 7.37. The molecule has 3 heterocycles. The highest BCUT2D eigenvalue weighted by atomic mass is 32.1. The van der Waals surface area contributed by atoms with Crippen LogP contribution in [0.1, 0.15) is 60.0 Å². The van der Waals surface area contributed by atoms with Crippen molar-refractivity contribution in [1.82, 2.24) is 19.9 Å². The summed E-state index contributed by atoms with van der Waals surface area (Å²) in [6.45, 7) is 5.30. The maximum atomic E-state index is 11.8. The second kappa shape index (κ2) is 7.14. The molecule has 0 aromatic carbocycles. The third-order valence-electron chi connectivity index (χ3n) is 4.09. The van der Waals surface area contributed by atoms with Crippen molar-refractivity contribution in [2.45, 2.75) is 38.8 Å². The van der Waals surface area contributed by atoms with Crippen LogP contribution in [-0.4, -0.2) is 39.0 Å². The molecule has 6 nitrogen and oxygen atoms in total. The summed E-state index contributed by atoms with van der Waals surface area (Å²) in [4.78, 5) is 27.3. The first kappa shape index (κ1) is 16.0. The van der Waals surface area contributed by atoms with Gasteiger partial charge in [0, 0.05) is 24.0 Å². The van der Waals surface area contributed by atoms with Gasteiger partial charge in [0.1, 0.15) is 5.01 Å². The number of hydrogen-bond donors (Lipinski definition) is 0. The lowest BCUT2D eigenvalue weighted by molar-refractivity contribution is 0.0520. The third kappa shape index (κ3) is 3.40. The number of nitrogens with zero attached hydrogens (tertiary/aromatic N) is 4. The van der Waals surface area contributed by atoms with Gasteiger partial charge in [-0.1, -0.05) is 0 Å². The minimum absolute atomic E-state index is 0.172. The molecule has 0 saturated carbocycles. The summed E-state index contributed by atoms with van der Waals surface area (Å²) in [7, 11) is 0. The van der Waals surface area contributed by atoms with Crippen LogP contribution in [0.25, 0.3) is 0 Å². The molecule has 0 spiro atoms. The van der Waals surface area contributed by atoms with Crippen LogP contribution in [0.4, 0.5) is 0 Å². The van der Waals surface area contributed by atoms with Gasteiger partial charge < -0.3 is 4.74 Å². The highest BCUT2D eigenvalue weighted by molar-refractivity contribution is 7.09. The van der Waals surface area contributed by atoms with Gasteiger partial charge in [0.25, 0.3) is 0 Å². The molecule has 7 heteroatoms. The number of carbonyl (C=O) groups excluding carboxylic acids is 1. The molecule has 1 aliphatic heterocycles. The highest BCUT2D eigenvalue weighted by Crippen LogP contribution is 2.39. The topological polar surface area (TPSA) is 68.2 Å². The van der Waals surface area contributed by atoms with E-state index in [0.717, 1.165) is 30.1 Å². The summed E-state index contributed by atoms with van der Waals surface area (Å²) in [5, 5.41) is 2.76. The highest BCUT2D eigenvalue weighted by Gasteiger charge is 2.33. The van der Waals surface area contributed by atoms with Gasteiger partial charge in [0.05, 0.1) is 24.4 Å². The molecule has 0 N–H and O–H groups in total. The summed E-state index contributed by atoms with van der Waals surface area (Å²) in [5.74, 6) is -0.346. The van der Waals surface area contributed by atoms with Gasteiger partial charge in [-0.25, -0.2) is 9.78 Å². The van der Waals surface area contributed by atoms with Crippen LogP contribution in [0.15, 0.2) is 24.0 Å². The molecule has 2 aromatic rings. The quantitative estimate of drug-likeness (QED) is 0.784. The van der Waals surface area contributed by atoms with E-state index in [-0.39, 0.29) is 18.1 Å². The summed E-state index contributed by atoms with van der Waals surface area (Å²) < 4.78 is 5.02. The number of esters is 1. The number of thiazole rings is 1. The molecular weight excluding hydrogens is 312 g/mol. The molecular formula is C16H20N4O2S. The van der Waals surface area contributed by atoms with Crippen LogP contribution in [0.5, 0.6) is 0 Å². The Morgan fingerprint density at radius 3 is 3.13 bits per heavy atom. The average Bonchev–Trinajstić information content (AvgIpc) is 3.24. The molecule has 3 rings (SSSR count). The van der Waals surface area contributed by atoms with Gasteiger partial charge in [-0.3, -0.25) is 14.9 Å². The summed E-state index contributed by atoms with van der Waals surface area (Å²) >= 11 is 1.53. The lowest BCUT2D eigenvalue weighted by Gasteiger charge is -2.28. The van der Waals surface area contributed by atoms with Crippen LogP contribution in [0, 0.1) is 0 Å². The number of hydrogen-bond acceptors (Lipinski definition) is 7. The summed E-state index contributed by atoms with van der Waals surface area (Å²) in [6, 6.07) is 0.395. The molecule has 0 aliphatic carbocycles. The zero-order chi connectivity index (χ0) is 16.2. The molecule has 0 unspecified atom stereocenters. The smallest absolute Gasteiger partial charge is 0.357 e. The first-order chi connectivity index (χ1) is 11.2. The number of rotatable bonds is 5. The van der Waals surface area contributed by atoms with E-state index in [1.807, 2.05) is 6.20 Å². The minimum atomic E-state index is -0.346. The van der Waals surface area contributed by atoms with Gasteiger partial charge in [0.2, 0.25) is 0 Å². The van der Waals surface area contributed by atoms with Crippen molar-refractivity contribution in [3.05, 3.63) is 40.4 Å². The zero-order valence-corrected chi connectivity index (χ0v) is 14.1. The van der Waals surface area contributed by atoms with E-state index in [9.17, 15) is 4.79 Å². The van der Waals surface area contributed by atoms with E-state index in [1.165, 1.54) is 11.3 Å². The van der Waals surface area contributed by atoms with E-state index in [1.54, 1.807) is 24.7 Å². The molecule has 0 amide bonds. The van der Waals surface area contributed by atoms with E-state index < -0.39 is 0 Å². The maximum Gasteiger partial charge on any atom is 0.357 e. The van der Waals surface area contributed by atoms with Gasteiger partial charge in [0.15, 0.2) is 5.69 Å². The standard InChI is InChI=1S/C16H20N4O2S/c1-3-22-16(21)13-10-23-15(19-13)14-5-4-8-20(14)11(2)12-9-17-6-7-18-12/h6-7,9-11,14H,3-5,8H2,1-2H3/t11-,14+/m0/s1. The molecule has 2 aromatic heterocycles. The van der Waals surface area contributed by atoms with Crippen molar-refractivity contribution < 1.29 is 9.53 Å². The Kier molecular flexibility index (Phi) is 4.97. The fraction of sp³-hybridized carbons (Fsp3) is 0.500. The Hall–Kier alpha value is -1.86. The van der Waals surface area contributed by atoms with Crippen molar-refractivity contribution in [3.63, 3.8) is 0 Å². The molecule has 0 radical (unpaired) electrons. The van der Waals surface area contributed by atoms with Crippen molar-refractivity contribution >= 4 is 17.3 Å². The second-order valence-corrected chi connectivity index (χ2v) is 6.38.